The van der Waals surface area contributed by atoms with E-state index in [-0.39, 0.29) is 5.78 Å². The number of hydrogen-bond donors (Lipinski definition) is 0. The van der Waals surface area contributed by atoms with Crippen LogP contribution in [0.25, 0.3) is 10.4 Å². The molecule has 54 valence electrons. The standard InChI is InChI=1S/C6H9N3O/c1-6(8-9-7)3-2-5(10)4-6/h2-4H2,1H3. The van der Waals surface area contributed by atoms with Crippen molar-refractivity contribution in [1.29, 1.82) is 0 Å². The second kappa shape index (κ2) is 2.31. The van der Waals surface area contributed by atoms with Crippen molar-refractivity contribution >= 4 is 5.78 Å². The molecule has 0 saturated heterocycles. The Balaban J connectivity index is 2.71. The molecule has 0 bridgehead atoms. The molecule has 1 rings (SSSR count). The maximum Gasteiger partial charge on any atom is 0.133 e. The van der Waals surface area contributed by atoms with Gasteiger partial charge in [-0.2, -0.15) is 0 Å². The smallest absolute Gasteiger partial charge is 0.133 e. The first kappa shape index (κ1) is 7.09. The minimum atomic E-state index is -0.425. The van der Waals surface area contributed by atoms with Gasteiger partial charge in [-0.15, -0.1) is 0 Å². The average Bonchev–Trinajstić information content (AvgIpc) is 2.12. The van der Waals surface area contributed by atoms with E-state index in [1.807, 2.05) is 6.92 Å². The van der Waals surface area contributed by atoms with Crippen LogP contribution in [0.15, 0.2) is 5.11 Å². The molecule has 1 fully saturated rings. The molecule has 1 unspecified atom stereocenters. The van der Waals surface area contributed by atoms with Crippen LogP contribution in [-0.4, -0.2) is 11.3 Å². The van der Waals surface area contributed by atoms with Crippen LogP contribution in [0, 0.1) is 0 Å². The van der Waals surface area contributed by atoms with E-state index in [1.54, 1.807) is 0 Å². The first-order valence-corrected chi connectivity index (χ1v) is 3.24. The monoisotopic (exact) mass is 139 g/mol. The van der Waals surface area contributed by atoms with Crippen LogP contribution in [0.3, 0.4) is 0 Å². The van der Waals surface area contributed by atoms with Crippen molar-refractivity contribution in [2.24, 2.45) is 5.11 Å². The summed E-state index contributed by atoms with van der Waals surface area (Å²) < 4.78 is 0. The summed E-state index contributed by atoms with van der Waals surface area (Å²) in [6, 6.07) is 0. The molecule has 10 heavy (non-hydrogen) atoms. The predicted octanol–water partition coefficient (Wildman–Crippen LogP) is 1.81. The summed E-state index contributed by atoms with van der Waals surface area (Å²) in [7, 11) is 0. The maximum absolute atomic E-state index is 10.8. The lowest BCUT2D eigenvalue weighted by atomic mass is 10.0. The normalized spacial score (nSPS) is 31.9. The number of azide groups is 1. The summed E-state index contributed by atoms with van der Waals surface area (Å²) in [6.45, 7) is 1.82. The van der Waals surface area contributed by atoms with E-state index in [0.29, 0.717) is 19.3 Å². The lowest BCUT2D eigenvalue weighted by Gasteiger charge is -2.12. The fourth-order valence-corrected chi connectivity index (χ4v) is 1.20. The molecular formula is C6H9N3O. The summed E-state index contributed by atoms with van der Waals surface area (Å²) in [5.41, 5.74) is 7.70. The van der Waals surface area contributed by atoms with E-state index in [4.69, 9.17) is 5.53 Å². The fourth-order valence-electron chi connectivity index (χ4n) is 1.20. The number of ketones is 1. The zero-order valence-corrected chi connectivity index (χ0v) is 5.87. The molecule has 0 amide bonds. The summed E-state index contributed by atoms with van der Waals surface area (Å²) in [4.78, 5) is 13.4. The van der Waals surface area contributed by atoms with Crippen molar-refractivity contribution in [1.82, 2.24) is 0 Å². The maximum atomic E-state index is 10.8. The number of Topliss-reactive ketones (excluding diaryl/α,β-unsaturated/α-hetero) is 1. The van der Waals surface area contributed by atoms with Crippen LogP contribution in [0.4, 0.5) is 0 Å². The highest BCUT2D eigenvalue weighted by molar-refractivity contribution is 5.82. The molecule has 0 radical (unpaired) electrons. The molecule has 0 aromatic rings. The highest BCUT2D eigenvalue weighted by Gasteiger charge is 2.32. The van der Waals surface area contributed by atoms with E-state index >= 15 is 0 Å². The fraction of sp³-hybridized carbons (Fsp3) is 0.833. The Labute approximate surface area is 58.9 Å². The molecule has 0 N–H and O–H groups in total. The molecule has 1 aliphatic carbocycles. The van der Waals surface area contributed by atoms with Crippen molar-refractivity contribution in [3.63, 3.8) is 0 Å². The molecule has 0 aromatic heterocycles. The molecule has 4 nitrogen and oxygen atoms in total. The van der Waals surface area contributed by atoms with Gasteiger partial charge in [-0.3, -0.25) is 4.79 Å². The van der Waals surface area contributed by atoms with Crippen molar-refractivity contribution in [3.05, 3.63) is 10.4 Å². The number of carbonyl (C=O) groups excluding carboxylic acids is 1. The topological polar surface area (TPSA) is 65.8 Å². The molecule has 1 saturated carbocycles. The van der Waals surface area contributed by atoms with Crippen molar-refractivity contribution < 1.29 is 4.79 Å². The lowest BCUT2D eigenvalue weighted by Crippen LogP contribution is -2.15. The molecule has 0 heterocycles. The van der Waals surface area contributed by atoms with Crippen molar-refractivity contribution in [2.45, 2.75) is 31.7 Å². The summed E-state index contributed by atoms with van der Waals surface area (Å²) >= 11 is 0. The van der Waals surface area contributed by atoms with E-state index in [9.17, 15) is 4.79 Å². The quantitative estimate of drug-likeness (QED) is 0.310. The Bertz CT molecular complexity index is 207. The molecule has 0 spiro atoms. The van der Waals surface area contributed by atoms with Gasteiger partial charge in [-0.05, 0) is 12.0 Å². The van der Waals surface area contributed by atoms with Crippen LogP contribution in [0.5, 0.6) is 0 Å². The zero-order valence-electron chi connectivity index (χ0n) is 5.87. The Kier molecular flexibility index (Phi) is 1.64. The third-order valence-corrected chi connectivity index (χ3v) is 1.81. The van der Waals surface area contributed by atoms with Gasteiger partial charge in [0.25, 0.3) is 0 Å². The van der Waals surface area contributed by atoms with Crippen LogP contribution in [-0.2, 0) is 4.79 Å². The van der Waals surface area contributed by atoms with Crippen LogP contribution < -0.4 is 0 Å². The third-order valence-electron chi connectivity index (χ3n) is 1.81. The highest BCUT2D eigenvalue weighted by atomic mass is 16.1. The molecular weight excluding hydrogens is 130 g/mol. The van der Waals surface area contributed by atoms with Crippen molar-refractivity contribution in [2.75, 3.05) is 0 Å². The van der Waals surface area contributed by atoms with Gasteiger partial charge in [0.05, 0.1) is 5.54 Å². The molecule has 1 atom stereocenters. The zero-order chi connectivity index (χ0) is 7.61. The second-order valence-electron chi connectivity index (χ2n) is 2.90. The van der Waals surface area contributed by atoms with Gasteiger partial charge in [-0.1, -0.05) is 12.0 Å². The van der Waals surface area contributed by atoms with Crippen molar-refractivity contribution in [3.8, 4) is 0 Å². The first-order valence-electron chi connectivity index (χ1n) is 3.24. The number of rotatable bonds is 1. The Morgan fingerprint density at radius 3 is 2.90 bits per heavy atom. The van der Waals surface area contributed by atoms with Gasteiger partial charge in [0.15, 0.2) is 0 Å². The summed E-state index contributed by atoms with van der Waals surface area (Å²) in [5.74, 6) is 0.204. The minimum absolute atomic E-state index is 0.204. The average molecular weight is 139 g/mol. The summed E-state index contributed by atoms with van der Waals surface area (Å²) in [5, 5.41) is 3.57. The minimum Gasteiger partial charge on any atom is -0.300 e. The number of carbonyl (C=O) groups is 1. The Morgan fingerprint density at radius 2 is 2.50 bits per heavy atom. The van der Waals surface area contributed by atoms with Crippen LogP contribution in [0.1, 0.15) is 26.2 Å². The SMILES string of the molecule is CC1(N=[N+]=[N-])CCC(=O)C1. The van der Waals surface area contributed by atoms with Gasteiger partial charge in [0.2, 0.25) is 0 Å². The number of nitrogens with zero attached hydrogens (tertiary/aromatic N) is 3. The third kappa shape index (κ3) is 1.28. The molecule has 4 heteroatoms. The van der Waals surface area contributed by atoms with E-state index in [0.717, 1.165) is 0 Å². The molecule has 0 aromatic carbocycles. The van der Waals surface area contributed by atoms with Crippen LogP contribution in [0.2, 0.25) is 0 Å². The van der Waals surface area contributed by atoms with Gasteiger partial charge in [-0.25, -0.2) is 0 Å². The predicted molar refractivity (Wildman–Crippen MR) is 36.4 cm³/mol. The Morgan fingerprint density at radius 1 is 1.80 bits per heavy atom. The lowest BCUT2D eigenvalue weighted by molar-refractivity contribution is -0.117. The summed E-state index contributed by atoms with van der Waals surface area (Å²) in [6.07, 6.45) is 1.68. The van der Waals surface area contributed by atoms with Gasteiger partial charge in [0.1, 0.15) is 5.78 Å². The molecule has 1 aliphatic rings. The van der Waals surface area contributed by atoms with Crippen LogP contribution >= 0.6 is 0 Å². The van der Waals surface area contributed by atoms with E-state index in [1.165, 1.54) is 0 Å². The van der Waals surface area contributed by atoms with Gasteiger partial charge >= 0.3 is 0 Å². The number of hydrogen-bond acceptors (Lipinski definition) is 2. The van der Waals surface area contributed by atoms with E-state index < -0.39 is 5.54 Å². The molecule has 0 aliphatic heterocycles. The first-order chi connectivity index (χ1) is 4.66. The second-order valence-corrected chi connectivity index (χ2v) is 2.90. The van der Waals surface area contributed by atoms with E-state index in [2.05, 4.69) is 10.0 Å². The van der Waals surface area contributed by atoms with Gasteiger partial charge in [0, 0.05) is 17.8 Å². The Hall–Kier alpha value is -1.02. The largest absolute Gasteiger partial charge is 0.300 e. The highest BCUT2D eigenvalue weighted by Crippen LogP contribution is 2.30. The van der Waals surface area contributed by atoms with Gasteiger partial charge < -0.3 is 0 Å².